The number of nitrogens with zero attached hydrogens (tertiary/aromatic N) is 1. The van der Waals surface area contributed by atoms with Crippen molar-refractivity contribution in [2.75, 3.05) is 13.7 Å². The van der Waals surface area contributed by atoms with Crippen LogP contribution in [0.2, 0.25) is 0 Å². The molecule has 0 aromatic heterocycles. The third-order valence-electron chi connectivity index (χ3n) is 6.31. The van der Waals surface area contributed by atoms with Crippen LogP contribution in [-0.2, 0) is 32.2 Å². The largest absolute Gasteiger partial charge is 0.465 e. The summed E-state index contributed by atoms with van der Waals surface area (Å²) in [5.41, 5.74) is 1.21. The maximum absolute atomic E-state index is 13.5. The molecule has 1 amide bonds. The lowest BCUT2D eigenvalue weighted by Crippen LogP contribution is -2.47. The van der Waals surface area contributed by atoms with Gasteiger partial charge in [0.2, 0.25) is 5.91 Å². The van der Waals surface area contributed by atoms with Crippen LogP contribution in [-0.4, -0.2) is 36.6 Å². The molecule has 28 heavy (non-hydrogen) atoms. The first-order valence-electron chi connectivity index (χ1n) is 10.5. The summed E-state index contributed by atoms with van der Waals surface area (Å²) in [6, 6.07) is 8.11. The highest BCUT2D eigenvalue weighted by molar-refractivity contribution is 6.02. The van der Waals surface area contributed by atoms with Gasteiger partial charge in [-0.15, -0.1) is 0 Å². The number of amides is 1. The van der Waals surface area contributed by atoms with Gasteiger partial charge in [0.25, 0.3) is 0 Å². The number of fused-ring (bicyclic) bond motifs is 1. The molecule has 154 valence electrons. The van der Waals surface area contributed by atoms with Gasteiger partial charge in [0.05, 0.1) is 12.7 Å². The zero-order valence-corrected chi connectivity index (χ0v) is 17.4. The average Bonchev–Trinajstić information content (AvgIpc) is 3.16. The van der Waals surface area contributed by atoms with Crippen LogP contribution < -0.4 is 0 Å². The van der Waals surface area contributed by atoms with E-state index in [1.165, 1.54) is 11.1 Å². The third kappa shape index (κ3) is 4.40. The van der Waals surface area contributed by atoms with Crippen molar-refractivity contribution >= 4 is 11.9 Å². The van der Waals surface area contributed by atoms with Crippen molar-refractivity contribution in [3.05, 3.63) is 35.4 Å². The van der Waals surface area contributed by atoms with Gasteiger partial charge in [-0.05, 0) is 62.5 Å². The highest BCUT2D eigenvalue weighted by Crippen LogP contribution is 2.39. The Morgan fingerprint density at radius 1 is 1.11 bits per heavy atom. The quantitative estimate of drug-likeness (QED) is 0.522. The first-order chi connectivity index (χ1) is 13.5. The molecule has 1 fully saturated rings. The molecule has 0 radical (unpaired) electrons. The van der Waals surface area contributed by atoms with Gasteiger partial charge >= 0.3 is 5.97 Å². The van der Waals surface area contributed by atoms with Crippen LogP contribution in [0.5, 0.6) is 0 Å². The zero-order valence-electron chi connectivity index (χ0n) is 17.4. The fourth-order valence-corrected chi connectivity index (χ4v) is 4.59. The van der Waals surface area contributed by atoms with Crippen LogP contribution in [0.4, 0.5) is 0 Å². The number of rotatable bonds is 7. The first kappa shape index (κ1) is 20.8. The van der Waals surface area contributed by atoms with E-state index in [1.807, 2.05) is 24.0 Å². The topological polar surface area (TPSA) is 55.8 Å². The second-order valence-corrected chi connectivity index (χ2v) is 8.48. The number of carbonyl (C=O) groups excluding carboxylic acids is 2. The van der Waals surface area contributed by atoms with Crippen molar-refractivity contribution in [3.63, 3.8) is 0 Å². The number of hydrogen-bond acceptors (Lipinski definition) is 4. The molecule has 0 bridgehead atoms. The molecule has 0 N–H and O–H groups in total. The Kier molecular flexibility index (Phi) is 6.76. The summed E-state index contributed by atoms with van der Waals surface area (Å²) < 4.78 is 11.0. The van der Waals surface area contributed by atoms with Crippen molar-refractivity contribution in [1.82, 2.24) is 4.90 Å². The molecule has 3 rings (SSSR count). The standard InChI is InChI=1S/C23H33NO4/c1-4-13-28-22(26)23(2,14-17-9-11-20(27-3)12-10-17)21(25)24-15-18-7-5-6-8-19(18)16-24/h5-8,17,20H,4,9-16H2,1-3H3. The molecule has 1 aromatic carbocycles. The van der Waals surface area contributed by atoms with E-state index in [0.29, 0.717) is 38.1 Å². The molecular weight excluding hydrogens is 354 g/mol. The van der Waals surface area contributed by atoms with Crippen molar-refractivity contribution < 1.29 is 19.1 Å². The maximum Gasteiger partial charge on any atom is 0.321 e. The molecule has 1 aromatic rings. The van der Waals surface area contributed by atoms with E-state index in [9.17, 15) is 9.59 Å². The van der Waals surface area contributed by atoms with E-state index in [0.717, 1.165) is 32.1 Å². The Bertz CT molecular complexity index is 671. The van der Waals surface area contributed by atoms with E-state index in [4.69, 9.17) is 9.47 Å². The molecule has 1 atom stereocenters. The Labute approximate surface area is 168 Å². The minimum Gasteiger partial charge on any atom is -0.465 e. The summed E-state index contributed by atoms with van der Waals surface area (Å²) >= 11 is 0. The van der Waals surface area contributed by atoms with Crippen LogP contribution >= 0.6 is 0 Å². The molecule has 1 heterocycles. The molecule has 1 unspecified atom stereocenters. The lowest BCUT2D eigenvalue weighted by atomic mass is 9.74. The van der Waals surface area contributed by atoms with Crippen LogP contribution in [0.1, 0.15) is 63.5 Å². The van der Waals surface area contributed by atoms with E-state index < -0.39 is 5.41 Å². The second kappa shape index (κ2) is 9.08. The average molecular weight is 388 g/mol. The molecule has 1 aliphatic carbocycles. The van der Waals surface area contributed by atoms with Crippen molar-refractivity contribution in [2.45, 2.75) is 71.6 Å². The molecule has 0 saturated heterocycles. The highest BCUT2D eigenvalue weighted by Gasteiger charge is 2.47. The molecule has 1 aliphatic heterocycles. The normalized spacial score (nSPS) is 23.8. The minimum absolute atomic E-state index is 0.0985. The maximum atomic E-state index is 13.5. The minimum atomic E-state index is -1.12. The summed E-state index contributed by atoms with van der Waals surface area (Å²) in [6.45, 7) is 5.26. The number of hydrogen-bond donors (Lipinski definition) is 0. The van der Waals surface area contributed by atoms with Crippen LogP contribution in [0, 0.1) is 11.3 Å². The van der Waals surface area contributed by atoms with E-state index >= 15 is 0 Å². The Balaban J connectivity index is 1.74. The predicted molar refractivity (Wildman–Crippen MR) is 107 cm³/mol. The monoisotopic (exact) mass is 387 g/mol. The molecule has 1 saturated carbocycles. The summed E-state index contributed by atoms with van der Waals surface area (Å²) in [5, 5.41) is 0. The lowest BCUT2D eigenvalue weighted by Gasteiger charge is -2.36. The Morgan fingerprint density at radius 2 is 1.71 bits per heavy atom. The van der Waals surface area contributed by atoms with Crippen LogP contribution in [0.15, 0.2) is 24.3 Å². The van der Waals surface area contributed by atoms with Gasteiger partial charge in [0.1, 0.15) is 5.41 Å². The van der Waals surface area contributed by atoms with Crippen LogP contribution in [0.25, 0.3) is 0 Å². The summed E-state index contributed by atoms with van der Waals surface area (Å²) in [6.07, 6.45) is 5.57. The molecule has 5 heteroatoms. The highest BCUT2D eigenvalue weighted by atomic mass is 16.5. The van der Waals surface area contributed by atoms with Gasteiger partial charge in [0, 0.05) is 20.2 Å². The smallest absolute Gasteiger partial charge is 0.321 e. The van der Waals surface area contributed by atoms with Gasteiger partial charge in [-0.3, -0.25) is 9.59 Å². The van der Waals surface area contributed by atoms with Crippen molar-refractivity contribution in [2.24, 2.45) is 11.3 Å². The van der Waals surface area contributed by atoms with E-state index in [2.05, 4.69) is 12.1 Å². The SMILES string of the molecule is CCCOC(=O)C(C)(CC1CCC(OC)CC1)C(=O)N1Cc2ccccc2C1. The number of carbonyl (C=O) groups is 2. The van der Waals surface area contributed by atoms with Crippen LogP contribution in [0.3, 0.4) is 0 Å². The van der Waals surface area contributed by atoms with Gasteiger partial charge in [-0.25, -0.2) is 0 Å². The summed E-state index contributed by atoms with van der Waals surface area (Å²) in [4.78, 5) is 28.3. The molecule has 0 spiro atoms. The van der Waals surface area contributed by atoms with Gasteiger partial charge in [-0.2, -0.15) is 0 Å². The number of methoxy groups -OCH3 is 1. The summed E-state index contributed by atoms with van der Waals surface area (Å²) in [7, 11) is 1.76. The fraction of sp³-hybridized carbons (Fsp3) is 0.652. The third-order valence-corrected chi connectivity index (χ3v) is 6.31. The van der Waals surface area contributed by atoms with E-state index in [1.54, 1.807) is 14.0 Å². The van der Waals surface area contributed by atoms with Crippen molar-refractivity contribution in [3.8, 4) is 0 Å². The second-order valence-electron chi connectivity index (χ2n) is 8.48. The molecule has 2 aliphatic rings. The predicted octanol–water partition coefficient (Wildman–Crippen LogP) is 4.08. The Hall–Kier alpha value is -1.88. The van der Waals surface area contributed by atoms with Gasteiger partial charge < -0.3 is 14.4 Å². The number of esters is 1. The first-order valence-corrected chi connectivity index (χ1v) is 10.5. The van der Waals surface area contributed by atoms with Gasteiger partial charge in [0.15, 0.2) is 0 Å². The Morgan fingerprint density at radius 3 is 2.25 bits per heavy atom. The van der Waals surface area contributed by atoms with E-state index in [-0.39, 0.29) is 11.9 Å². The van der Waals surface area contributed by atoms with Gasteiger partial charge in [-0.1, -0.05) is 31.2 Å². The number of benzene rings is 1. The van der Waals surface area contributed by atoms with Crippen molar-refractivity contribution in [1.29, 1.82) is 0 Å². The fourth-order valence-electron chi connectivity index (χ4n) is 4.59. The lowest BCUT2D eigenvalue weighted by molar-refractivity contribution is -0.166. The molecular formula is C23H33NO4. The summed E-state index contributed by atoms with van der Waals surface area (Å²) in [5.74, 6) is -0.123. The molecule has 5 nitrogen and oxygen atoms in total. The number of ether oxygens (including phenoxy) is 2. The zero-order chi connectivity index (χ0) is 20.1.